The number of unbranched alkanes of at least 4 members (excludes halogenated alkanes) is 1. The van der Waals surface area contributed by atoms with Gasteiger partial charge in [-0.05, 0) is 39.0 Å². The van der Waals surface area contributed by atoms with E-state index in [1.54, 1.807) is 0 Å². The second-order valence-corrected chi connectivity index (χ2v) is 9.15. The fraction of sp³-hybridized carbons (Fsp3) is 0.917. The first-order valence-corrected chi connectivity index (χ1v) is 9.55. The van der Waals surface area contributed by atoms with Crippen LogP contribution in [0.3, 0.4) is 0 Å². The maximum absolute atomic E-state index is 11.0. The monoisotopic (exact) mass is 261 g/mol. The molecule has 0 aromatic rings. The summed E-state index contributed by atoms with van der Waals surface area (Å²) in [5.41, 5.74) is 0. The molecule has 5 heteroatoms. The molecule has 0 aliphatic heterocycles. The molecule has 0 unspecified atom stereocenters. The lowest BCUT2D eigenvalue weighted by Gasteiger charge is -2.19. The van der Waals surface area contributed by atoms with Crippen molar-refractivity contribution in [3.8, 4) is 0 Å². The number of hydrogen-bond acceptors (Lipinski definition) is 4. The van der Waals surface area contributed by atoms with Crippen molar-refractivity contribution in [2.24, 2.45) is 0 Å². The van der Waals surface area contributed by atoms with Crippen LogP contribution < -0.4 is 5.32 Å². The van der Waals surface area contributed by atoms with Crippen LogP contribution in [0.4, 0.5) is 0 Å². The summed E-state index contributed by atoms with van der Waals surface area (Å²) in [4.78, 5) is 11.0. The van der Waals surface area contributed by atoms with Crippen LogP contribution in [0.5, 0.6) is 0 Å². The maximum atomic E-state index is 11.0. The molecule has 0 rings (SSSR count). The Kier molecular flexibility index (Phi) is 9.40. The Morgan fingerprint density at radius 2 is 1.94 bits per heavy atom. The van der Waals surface area contributed by atoms with Gasteiger partial charge in [-0.2, -0.15) is 0 Å². The van der Waals surface area contributed by atoms with E-state index in [4.69, 9.17) is 9.16 Å². The van der Waals surface area contributed by atoms with Crippen LogP contribution in [0.15, 0.2) is 0 Å². The SMILES string of the molecule is CCOC(=O)CCNCCCC[Si](C)(C)OC. The quantitative estimate of drug-likeness (QED) is 0.372. The third-order valence-electron chi connectivity index (χ3n) is 2.75. The fourth-order valence-corrected chi connectivity index (χ4v) is 2.76. The van der Waals surface area contributed by atoms with Gasteiger partial charge in [-0.25, -0.2) is 0 Å². The van der Waals surface area contributed by atoms with Crippen LogP contribution in [0, 0.1) is 0 Å². The molecule has 0 saturated heterocycles. The van der Waals surface area contributed by atoms with E-state index < -0.39 is 8.32 Å². The Labute approximate surface area is 106 Å². The second-order valence-electron chi connectivity index (χ2n) is 4.73. The van der Waals surface area contributed by atoms with Gasteiger partial charge in [0.1, 0.15) is 0 Å². The van der Waals surface area contributed by atoms with Crippen LogP contribution in [-0.2, 0) is 14.0 Å². The van der Waals surface area contributed by atoms with Crippen molar-refractivity contribution in [2.75, 3.05) is 26.8 Å². The van der Waals surface area contributed by atoms with E-state index in [1.807, 2.05) is 14.0 Å². The van der Waals surface area contributed by atoms with Crippen LogP contribution in [0.25, 0.3) is 0 Å². The number of carbonyl (C=O) groups excluding carboxylic acids is 1. The molecule has 0 aliphatic carbocycles. The first-order chi connectivity index (χ1) is 8.02. The summed E-state index contributed by atoms with van der Waals surface area (Å²) >= 11 is 0. The van der Waals surface area contributed by atoms with Crippen molar-refractivity contribution in [2.45, 2.75) is 45.3 Å². The van der Waals surface area contributed by atoms with Gasteiger partial charge in [0.2, 0.25) is 0 Å². The van der Waals surface area contributed by atoms with E-state index in [1.165, 1.54) is 12.5 Å². The standard InChI is InChI=1S/C12H27NO3Si/c1-5-16-12(14)8-10-13-9-6-7-11-17(3,4)15-2/h13H,5-11H2,1-4H3. The molecule has 17 heavy (non-hydrogen) atoms. The lowest BCUT2D eigenvalue weighted by Crippen LogP contribution is -2.28. The Morgan fingerprint density at radius 3 is 2.53 bits per heavy atom. The average Bonchev–Trinajstić information content (AvgIpc) is 2.28. The van der Waals surface area contributed by atoms with Gasteiger partial charge in [0.15, 0.2) is 8.32 Å². The zero-order chi connectivity index (χ0) is 13.1. The molecule has 0 aromatic carbocycles. The zero-order valence-corrected chi connectivity index (χ0v) is 12.7. The molecule has 0 atom stereocenters. The Bertz CT molecular complexity index is 210. The highest BCUT2D eigenvalue weighted by Crippen LogP contribution is 2.13. The molecule has 0 amide bonds. The lowest BCUT2D eigenvalue weighted by molar-refractivity contribution is -0.142. The van der Waals surface area contributed by atoms with Gasteiger partial charge >= 0.3 is 5.97 Å². The van der Waals surface area contributed by atoms with Gasteiger partial charge in [0, 0.05) is 13.7 Å². The van der Waals surface area contributed by atoms with Crippen LogP contribution >= 0.6 is 0 Å². The van der Waals surface area contributed by atoms with Crippen LogP contribution in [0.1, 0.15) is 26.2 Å². The highest BCUT2D eigenvalue weighted by atomic mass is 28.4. The Hall–Kier alpha value is -0.393. The number of rotatable bonds is 10. The summed E-state index contributed by atoms with van der Waals surface area (Å²) in [6.07, 6.45) is 2.80. The number of esters is 1. The second kappa shape index (κ2) is 9.62. The molecule has 4 nitrogen and oxygen atoms in total. The highest BCUT2D eigenvalue weighted by molar-refractivity contribution is 6.71. The van der Waals surface area contributed by atoms with E-state index in [9.17, 15) is 4.79 Å². The largest absolute Gasteiger partial charge is 0.466 e. The van der Waals surface area contributed by atoms with Gasteiger partial charge in [-0.3, -0.25) is 4.79 Å². The number of carbonyl (C=O) groups is 1. The van der Waals surface area contributed by atoms with Crippen molar-refractivity contribution in [1.82, 2.24) is 5.32 Å². The summed E-state index contributed by atoms with van der Waals surface area (Å²) in [6, 6.07) is 1.20. The Morgan fingerprint density at radius 1 is 1.24 bits per heavy atom. The first-order valence-electron chi connectivity index (χ1n) is 6.43. The van der Waals surface area contributed by atoms with E-state index in [2.05, 4.69) is 18.4 Å². The van der Waals surface area contributed by atoms with Gasteiger partial charge in [-0.15, -0.1) is 0 Å². The van der Waals surface area contributed by atoms with Gasteiger partial charge in [-0.1, -0.05) is 6.42 Å². The third-order valence-corrected chi connectivity index (χ3v) is 5.41. The van der Waals surface area contributed by atoms with Crippen molar-refractivity contribution >= 4 is 14.3 Å². The highest BCUT2D eigenvalue weighted by Gasteiger charge is 2.19. The molecule has 0 saturated carbocycles. The fourth-order valence-electron chi connectivity index (χ4n) is 1.45. The predicted molar refractivity (Wildman–Crippen MR) is 72.7 cm³/mol. The van der Waals surface area contributed by atoms with Gasteiger partial charge < -0.3 is 14.5 Å². The molecule has 0 heterocycles. The molecule has 102 valence electrons. The zero-order valence-electron chi connectivity index (χ0n) is 11.7. The molecule has 1 N–H and O–H groups in total. The molecule has 0 radical (unpaired) electrons. The van der Waals surface area contributed by atoms with Gasteiger partial charge in [0.25, 0.3) is 0 Å². The topological polar surface area (TPSA) is 47.6 Å². The molecular weight excluding hydrogens is 234 g/mol. The number of hydrogen-bond donors (Lipinski definition) is 1. The molecule has 0 spiro atoms. The van der Waals surface area contributed by atoms with Crippen LogP contribution in [-0.4, -0.2) is 41.1 Å². The minimum atomic E-state index is -1.38. The molecule has 0 bridgehead atoms. The molecule has 0 fully saturated rings. The van der Waals surface area contributed by atoms with Crippen molar-refractivity contribution in [3.05, 3.63) is 0 Å². The van der Waals surface area contributed by atoms with Gasteiger partial charge in [0.05, 0.1) is 13.0 Å². The summed E-state index contributed by atoms with van der Waals surface area (Å²) in [5.74, 6) is -0.118. The van der Waals surface area contributed by atoms with E-state index in [0.29, 0.717) is 19.6 Å². The summed E-state index contributed by atoms with van der Waals surface area (Å²) < 4.78 is 10.3. The minimum Gasteiger partial charge on any atom is -0.466 e. The normalized spacial score (nSPS) is 11.5. The van der Waals surface area contributed by atoms with Crippen molar-refractivity contribution in [1.29, 1.82) is 0 Å². The summed E-state index contributed by atoms with van der Waals surface area (Å²) in [6.45, 7) is 8.45. The molecule has 0 aromatic heterocycles. The van der Waals surface area contributed by atoms with E-state index in [-0.39, 0.29) is 5.97 Å². The maximum Gasteiger partial charge on any atom is 0.307 e. The summed E-state index contributed by atoms with van der Waals surface area (Å²) in [7, 11) is 0.433. The van der Waals surface area contributed by atoms with E-state index in [0.717, 1.165) is 13.0 Å². The predicted octanol–water partition coefficient (Wildman–Crippen LogP) is 2.16. The minimum absolute atomic E-state index is 0.118. The average molecular weight is 261 g/mol. The van der Waals surface area contributed by atoms with E-state index >= 15 is 0 Å². The third kappa shape index (κ3) is 10.5. The molecular formula is C12H27NO3Si. The number of ether oxygens (including phenoxy) is 1. The van der Waals surface area contributed by atoms with Crippen LogP contribution in [0.2, 0.25) is 19.1 Å². The number of nitrogens with one attached hydrogen (secondary N) is 1. The lowest BCUT2D eigenvalue weighted by atomic mass is 10.3. The van der Waals surface area contributed by atoms with Crippen molar-refractivity contribution < 1.29 is 14.0 Å². The molecule has 0 aliphatic rings. The Balaban J connectivity index is 3.27. The van der Waals surface area contributed by atoms with Crippen molar-refractivity contribution in [3.63, 3.8) is 0 Å². The summed E-state index contributed by atoms with van der Waals surface area (Å²) in [5, 5.41) is 3.25. The smallest absolute Gasteiger partial charge is 0.307 e. The first kappa shape index (κ1) is 16.6.